The van der Waals surface area contributed by atoms with Crippen molar-refractivity contribution >= 4 is 39.5 Å². The summed E-state index contributed by atoms with van der Waals surface area (Å²) in [4.78, 5) is 71.9. The van der Waals surface area contributed by atoms with E-state index in [9.17, 15) is 43.2 Å². The number of ether oxygens (including phenoxy) is 4. The van der Waals surface area contributed by atoms with Crippen LogP contribution in [0.5, 0.6) is 0 Å². The van der Waals surface area contributed by atoms with Gasteiger partial charge in [-0.15, -0.1) is 0 Å². The zero-order valence-electron chi connectivity index (χ0n) is 51.4. The Labute approximate surface area is 491 Å². The number of hydrogen-bond acceptors (Lipinski definition) is 15. The largest absolute Gasteiger partial charge is 0.472 e. The Morgan fingerprint density at radius 3 is 1.01 bits per heavy atom. The van der Waals surface area contributed by atoms with Gasteiger partial charge in [-0.1, -0.05) is 232 Å². The third-order valence-electron chi connectivity index (χ3n) is 13.7. The summed E-state index contributed by atoms with van der Waals surface area (Å²) in [7, 11) is -9.89. The predicted molar refractivity (Wildman–Crippen MR) is 321 cm³/mol. The smallest absolute Gasteiger partial charge is 0.462 e. The Hall–Kier alpha value is -2.46. The van der Waals surface area contributed by atoms with Crippen LogP contribution in [0.3, 0.4) is 0 Å². The number of aliphatic hydroxyl groups excluding tert-OH is 1. The number of rotatable bonds is 60. The molecule has 476 valence electrons. The number of phosphoric acid groups is 2. The lowest BCUT2D eigenvalue weighted by Crippen LogP contribution is -2.30. The van der Waals surface area contributed by atoms with Crippen LogP contribution < -0.4 is 0 Å². The first-order valence-corrected chi connectivity index (χ1v) is 34.9. The van der Waals surface area contributed by atoms with Crippen molar-refractivity contribution in [2.75, 3.05) is 39.6 Å². The molecule has 0 bridgehead atoms. The highest BCUT2D eigenvalue weighted by Gasteiger charge is 2.30. The maximum absolute atomic E-state index is 12.9. The Kier molecular flexibility index (Phi) is 53.7. The average molecular weight is 1200 g/mol. The molecule has 0 saturated carbocycles. The molecule has 0 rings (SSSR count). The van der Waals surface area contributed by atoms with E-state index in [1.54, 1.807) is 0 Å². The second-order valence-electron chi connectivity index (χ2n) is 22.2. The lowest BCUT2D eigenvalue weighted by atomic mass is 10.0. The molecule has 5 atom stereocenters. The lowest BCUT2D eigenvalue weighted by Gasteiger charge is -2.21. The first-order valence-electron chi connectivity index (χ1n) is 32.0. The fourth-order valence-electron chi connectivity index (χ4n) is 8.69. The first kappa shape index (κ1) is 78.5. The van der Waals surface area contributed by atoms with Gasteiger partial charge in [-0.3, -0.25) is 37.3 Å². The van der Waals surface area contributed by atoms with Gasteiger partial charge in [-0.05, 0) is 57.3 Å². The molecule has 0 saturated heterocycles. The Morgan fingerprint density at radius 1 is 0.383 bits per heavy atom. The zero-order chi connectivity index (χ0) is 59.9. The van der Waals surface area contributed by atoms with E-state index in [0.717, 1.165) is 116 Å². The van der Waals surface area contributed by atoms with E-state index >= 15 is 0 Å². The van der Waals surface area contributed by atoms with Crippen LogP contribution in [0.4, 0.5) is 0 Å². The van der Waals surface area contributed by atoms with Crippen molar-refractivity contribution in [3.63, 3.8) is 0 Å². The van der Waals surface area contributed by atoms with Crippen molar-refractivity contribution in [3.05, 3.63) is 24.3 Å². The number of aliphatic hydroxyl groups is 1. The SMILES string of the molecule is CCCCCC/C=C\C=C/CCCCCCCC(=O)O[C@H](COC(=O)CCCCCCCCCCCC)COP(=O)(O)OC[C@@H](O)COP(=O)(O)OC[C@@H](COC(=O)CCCCCCCCC)OC(=O)CCCCCCCCC(C)C. The predicted octanol–water partition coefficient (Wildman–Crippen LogP) is 16.6. The highest BCUT2D eigenvalue weighted by atomic mass is 31.2. The van der Waals surface area contributed by atoms with E-state index in [1.807, 2.05) is 0 Å². The van der Waals surface area contributed by atoms with Crippen LogP contribution >= 0.6 is 15.6 Å². The molecule has 2 unspecified atom stereocenters. The lowest BCUT2D eigenvalue weighted by molar-refractivity contribution is -0.161. The zero-order valence-corrected chi connectivity index (χ0v) is 53.2. The van der Waals surface area contributed by atoms with E-state index < -0.39 is 97.5 Å². The average Bonchev–Trinajstić information content (AvgIpc) is 3.43. The van der Waals surface area contributed by atoms with Gasteiger partial charge in [0.2, 0.25) is 0 Å². The van der Waals surface area contributed by atoms with Gasteiger partial charge >= 0.3 is 39.5 Å². The maximum atomic E-state index is 12.9. The standard InChI is InChI=1S/C62H116O17P2/c1-6-9-12-15-18-20-22-23-24-25-26-28-31-37-42-47-61(66)78-57(52-73-60(65)46-41-36-30-27-21-19-16-13-10-7-2)53-76-80(68,69)74-49-56(63)50-75-81(70,71)77-54-58(51-72-59(64)45-40-35-29-17-14-11-8-3)79-62(67)48-43-38-33-32-34-39-44-55(4)5/h20,22-24,55-58,63H,6-19,21,25-54H2,1-5H3,(H,68,69)(H,70,71)/b22-20-,24-23-/t56-,57-,58-/m1/s1. The molecule has 81 heavy (non-hydrogen) atoms. The minimum Gasteiger partial charge on any atom is -0.462 e. The number of hydrogen-bond donors (Lipinski definition) is 3. The second kappa shape index (κ2) is 55.4. The third kappa shape index (κ3) is 56.4. The fourth-order valence-corrected chi connectivity index (χ4v) is 10.3. The number of unbranched alkanes of at least 4 members (excludes halogenated alkanes) is 29. The van der Waals surface area contributed by atoms with Crippen molar-refractivity contribution in [1.29, 1.82) is 0 Å². The second-order valence-corrected chi connectivity index (χ2v) is 25.1. The van der Waals surface area contributed by atoms with Crippen LogP contribution in [0.1, 0.15) is 285 Å². The van der Waals surface area contributed by atoms with E-state index in [2.05, 4.69) is 58.9 Å². The van der Waals surface area contributed by atoms with Crippen LogP contribution in [0.2, 0.25) is 0 Å². The van der Waals surface area contributed by atoms with Crippen LogP contribution in [0, 0.1) is 5.92 Å². The van der Waals surface area contributed by atoms with Gasteiger partial charge in [0.1, 0.15) is 19.3 Å². The van der Waals surface area contributed by atoms with Gasteiger partial charge < -0.3 is 33.8 Å². The normalized spacial score (nSPS) is 14.5. The molecule has 0 spiro atoms. The van der Waals surface area contributed by atoms with E-state index in [4.69, 9.17) is 37.0 Å². The summed E-state index contributed by atoms with van der Waals surface area (Å²) in [5.41, 5.74) is 0. The number of allylic oxidation sites excluding steroid dienone is 4. The minimum absolute atomic E-state index is 0.0848. The molecule has 0 aromatic heterocycles. The summed E-state index contributed by atoms with van der Waals surface area (Å²) in [5.74, 6) is -1.51. The van der Waals surface area contributed by atoms with Gasteiger partial charge in [0.15, 0.2) is 12.2 Å². The fraction of sp³-hybridized carbons (Fsp3) is 0.871. The van der Waals surface area contributed by atoms with Crippen molar-refractivity contribution in [3.8, 4) is 0 Å². The molecule has 0 aliphatic heterocycles. The quantitative estimate of drug-likeness (QED) is 0.0169. The van der Waals surface area contributed by atoms with Crippen LogP contribution in [-0.4, -0.2) is 96.7 Å². The number of phosphoric ester groups is 2. The molecule has 0 aromatic rings. The van der Waals surface area contributed by atoms with Gasteiger partial charge in [0.25, 0.3) is 0 Å². The molecular weight excluding hydrogens is 1080 g/mol. The van der Waals surface area contributed by atoms with E-state index in [0.29, 0.717) is 31.6 Å². The Bertz CT molecular complexity index is 1680. The molecule has 0 radical (unpaired) electrons. The maximum Gasteiger partial charge on any atom is 0.472 e. The number of esters is 4. The topological polar surface area (TPSA) is 237 Å². The molecule has 19 heteroatoms. The molecule has 0 aromatic carbocycles. The van der Waals surface area contributed by atoms with Crippen LogP contribution in [-0.2, 0) is 65.4 Å². The van der Waals surface area contributed by atoms with E-state index in [1.165, 1.54) is 83.5 Å². The highest BCUT2D eigenvalue weighted by molar-refractivity contribution is 7.47. The van der Waals surface area contributed by atoms with Crippen molar-refractivity contribution in [1.82, 2.24) is 0 Å². The molecule has 0 heterocycles. The summed E-state index contributed by atoms with van der Waals surface area (Å²) < 4.78 is 67.7. The molecule has 17 nitrogen and oxygen atoms in total. The number of carbonyl (C=O) groups is 4. The molecule has 0 amide bonds. The minimum atomic E-state index is -4.95. The first-order chi connectivity index (χ1) is 39.0. The Morgan fingerprint density at radius 2 is 0.667 bits per heavy atom. The van der Waals surface area contributed by atoms with Gasteiger partial charge in [-0.25, -0.2) is 9.13 Å². The van der Waals surface area contributed by atoms with Gasteiger partial charge in [-0.2, -0.15) is 0 Å². The monoisotopic (exact) mass is 1190 g/mol. The highest BCUT2D eigenvalue weighted by Crippen LogP contribution is 2.45. The van der Waals surface area contributed by atoms with Gasteiger partial charge in [0, 0.05) is 25.7 Å². The third-order valence-corrected chi connectivity index (χ3v) is 15.6. The number of carbonyl (C=O) groups excluding carboxylic acids is 4. The van der Waals surface area contributed by atoms with E-state index in [-0.39, 0.29) is 25.7 Å². The van der Waals surface area contributed by atoms with Crippen molar-refractivity contribution in [2.24, 2.45) is 5.92 Å². The van der Waals surface area contributed by atoms with Crippen LogP contribution in [0.25, 0.3) is 0 Å². The molecule has 0 aliphatic rings. The van der Waals surface area contributed by atoms with Crippen molar-refractivity contribution in [2.45, 2.75) is 303 Å². The molecular formula is C62H116O17P2. The summed E-state index contributed by atoms with van der Waals surface area (Å²) >= 11 is 0. The summed E-state index contributed by atoms with van der Waals surface area (Å²) in [6.07, 6.45) is 41.4. The van der Waals surface area contributed by atoms with Gasteiger partial charge in [0.05, 0.1) is 26.4 Å². The summed E-state index contributed by atoms with van der Waals surface area (Å²) in [6.45, 7) is 6.96. The summed E-state index contributed by atoms with van der Waals surface area (Å²) in [6, 6.07) is 0. The molecule has 3 N–H and O–H groups in total. The molecule has 0 aliphatic carbocycles. The molecule has 0 fully saturated rings. The Balaban J connectivity index is 5.24. The van der Waals surface area contributed by atoms with Crippen molar-refractivity contribution < 1.29 is 80.2 Å². The van der Waals surface area contributed by atoms with Crippen LogP contribution in [0.15, 0.2) is 24.3 Å². The summed E-state index contributed by atoms with van der Waals surface area (Å²) in [5, 5.41) is 10.5.